The maximum absolute atomic E-state index is 13.9. The Bertz CT molecular complexity index is 1010. The Kier molecular flexibility index (Phi) is 6.55. The molecule has 5 nitrogen and oxygen atoms in total. The number of rotatable bonds is 5. The van der Waals surface area contributed by atoms with Crippen LogP contribution >= 0.6 is 11.6 Å². The van der Waals surface area contributed by atoms with E-state index in [9.17, 15) is 22.0 Å². The maximum atomic E-state index is 13.9. The van der Waals surface area contributed by atoms with Gasteiger partial charge in [-0.05, 0) is 55.7 Å². The third kappa shape index (κ3) is 4.94. The Balaban J connectivity index is 1.62. The fourth-order valence-electron chi connectivity index (χ4n) is 3.36. The van der Waals surface area contributed by atoms with Gasteiger partial charge in [0.2, 0.25) is 15.9 Å². The molecule has 0 saturated carbocycles. The van der Waals surface area contributed by atoms with Gasteiger partial charge in [0, 0.05) is 24.0 Å². The van der Waals surface area contributed by atoms with Crippen LogP contribution in [0.25, 0.3) is 0 Å². The first kappa shape index (κ1) is 21.7. The van der Waals surface area contributed by atoms with Gasteiger partial charge in [-0.1, -0.05) is 23.7 Å². The lowest BCUT2D eigenvalue weighted by molar-refractivity contribution is -0.126. The predicted molar refractivity (Wildman–Crippen MR) is 106 cm³/mol. The topological polar surface area (TPSA) is 66.5 Å². The van der Waals surface area contributed by atoms with Crippen molar-refractivity contribution in [2.24, 2.45) is 5.92 Å². The molecule has 0 aromatic heterocycles. The Morgan fingerprint density at radius 3 is 2.52 bits per heavy atom. The molecule has 0 radical (unpaired) electrons. The summed E-state index contributed by atoms with van der Waals surface area (Å²) in [4.78, 5) is 11.9. The second-order valence-corrected chi connectivity index (χ2v) is 9.38. The number of nitrogens with one attached hydrogen (secondary N) is 1. The lowest BCUT2D eigenvalue weighted by atomic mass is 9.96. The van der Waals surface area contributed by atoms with Crippen molar-refractivity contribution in [1.82, 2.24) is 9.62 Å². The molecule has 156 valence electrons. The summed E-state index contributed by atoms with van der Waals surface area (Å²) in [6.07, 6.45) is 0.592. The standard InChI is InChI=1S/C20H21ClF2N2O3S/c1-13(15-3-2-4-16(21)11-15)24-20(26)14-7-9-25(10-8-14)29(27,28)19-12-17(22)5-6-18(19)23/h2-6,11-14H,7-10H2,1H3,(H,24,26). The van der Waals surface area contributed by atoms with E-state index in [0.717, 1.165) is 22.0 Å². The zero-order chi connectivity index (χ0) is 21.2. The second kappa shape index (κ2) is 8.77. The highest BCUT2D eigenvalue weighted by molar-refractivity contribution is 7.89. The first-order valence-electron chi connectivity index (χ1n) is 9.19. The molecule has 1 fully saturated rings. The van der Waals surface area contributed by atoms with Crippen molar-refractivity contribution >= 4 is 27.5 Å². The first-order chi connectivity index (χ1) is 13.7. The smallest absolute Gasteiger partial charge is 0.246 e. The van der Waals surface area contributed by atoms with Crippen LogP contribution in [0, 0.1) is 17.6 Å². The summed E-state index contributed by atoms with van der Waals surface area (Å²) in [5.74, 6) is -2.36. The van der Waals surface area contributed by atoms with E-state index < -0.39 is 26.6 Å². The van der Waals surface area contributed by atoms with Crippen LogP contribution in [0.1, 0.15) is 31.4 Å². The molecule has 1 atom stereocenters. The summed E-state index contributed by atoms with van der Waals surface area (Å²) < 4.78 is 53.7. The summed E-state index contributed by atoms with van der Waals surface area (Å²) in [7, 11) is -4.16. The molecule has 1 aliphatic heterocycles. The molecule has 9 heteroatoms. The van der Waals surface area contributed by atoms with Crippen molar-refractivity contribution in [3.05, 3.63) is 64.7 Å². The van der Waals surface area contributed by atoms with Crippen LogP contribution in [0.5, 0.6) is 0 Å². The van der Waals surface area contributed by atoms with Crippen molar-refractivity contribution in [3.8, 4) is 0 Å². The van der Waals surface area contributed by atoms with E-state index in [2.05, 4.69) is 5.32 Å². The minimum Gasteiger partial charge on any atom is -0.349 e. The number of sulfonamides is 1. The summed E-state index contributed by atoms with van der Waals surface area (Å²) in [6.45, 7) is 1.96. The molecular formula is C20H21ClF2N2O3S. The number of benzene rings is 2. The summed E-state index contributed by atoms with van der Waals surface area (Å²) in [6, 6.07) is 9.27. The normalized spacial score (nSPS) is 17.1. The highest BCUT2D eigenvalue weighted by Crippen LogP contribution is 2.27. The van der Waals surface area contributed by atoms with Gasteiger partial charge in [-0.25, -0.2) is 17.2 Å². The zero-order valence-corrected chi connectivity index (χ0v) is 17.3. The van der Waals surface area contributed by atoms with Gasteiger partial charge >= 0.3 is 0 Å². The maximum Gasteiger partial charge on any atom is 0.246 e. The molecule has 0 spiro atoms. The average Bonchev–Trinajstić information content (AvgIpc) is 2.69. The number of amides is 1. The largest absolute Gasteiger partial charge is 0.349 e. The minimum absolute atomic E-state index is 0.0575. The van der Waals surface area contributed by atoms with Gasteiger partial charge in [0.05, 0.1) is 6.04 Å². The van der Waals surface area contributed by atoms with Crippen LogP contribution in [-0.2, 0) is 14.8 Å². The van der Waals surface area contributed by atoms with Crippen LogP contribution in [0.2, 0.25) is 5.02 Å². The molecule has 2 aromatic carbocycles. The Hall–Kier alpha value is -2.03. The van der Waals surface area contributed by atoms with Gasteiger partial charge in [0.15, 0.2) is 0 Å². The molecule has 1 unspecified atom stereocenters. The van der Waals surface area contributed by atoms with Crippen molar-refractivity contribution in [1.29, 1.82) is 0 Å². The molecule has 1 aliphatic rings. The van der Waals surface area contributed by atoms with E-state index in [1.54, 1.807) is 18.2 Å². The number of hydrogen-bond donors (Lipinski definition) is 1. The van der Waals surface area contributed by atoms with Crippen LogP contribution in [0.3, 0.4) is 0 Å². The lowest BCUT2D eigenvalue weighted by Gasteiger charge is -2.31. The van der Waals surface area contributed by atoms with Crippen molar-refractivity contribution in [2.45, 2.75) is 30.7 Å². The highest BCUT2D eigenvalue weighted by Gasteiger charge is 2.34. The number of carbonyl (C=O) groups is 1. The Morgan fingerprint density at radius 1 is 1.17 bits per heavy atom. The van der Waals surface area contributed by atoms with Crippen LogP contribution in [0.4, 0.5) is 8.78 Å². The second-order valence-electron chi connectivity index (χ2n) is 7.04. The molecular weight excluding hydrogens is 422 g/mol. The number of piperidine rings is 1. The fraction of sp³-hybridized carbons (Fsp3) is 0.350. The minimum atomic E-state index is -4.16. The number of hydrogen-bond acceptors (Lipinski definition) is 3. The molecule has 1 amide bonds. The van der Waals surface area contributed by atoms with E-state index >= 15 is 0 Å². The molecule has 2 aromatic rings. The SMILES string of the molecule is CC(NC(=O)C1CCN(S(=O)(=O)c2cc(F)ccc2F)CC1)c1cccc(Cl)c1. The summed E-state index contributed by atoms with van der Waals surface area (Å²) in [5, 5.41) is 3.50. The van der Waals surface area contributed by atoms with E-state index in [1.165, 1.54) is 0 Å². The van der Waals surface area contributed by atoms with E-state index in [1.807, 2.05) is 13.0 Å². The third-order valence-corrected chi connectivity index (χ3v) is 7.19. The van der Waals surface area contributed by atoms with Gasteiger partial charge < -0.3 is 5.32 Å². The summed E-state index contributed by atoms with van der Waals surface area (Å²) in [5.41, 5.74) is 0.868. The molecule has 0 aliphatic carbocycles. The van der Waals surface area contributed by atoms with Gasteiger partial charge in [-0.3, -0.25) is 4.79 Å². The van der Waals surface area contributed by atoms with Crippen molar-refractivity contribution < 1.29 is 22.0 Å². The molecule has 1 N–H and O–H groups in total. The zero-order valence-electron chi connectivity index (χ0n) is 15.7. The van der Waals surface area contributed by atoms with Crippen LogP contribution < -0.4 is 5.32 Å². The van der Waals surface area contributed by atoms with E-state index in [0.29, 0.717) is 23.9 Å². The van der Waals surface area contributed by atoms with Gasteiger partial charge in [-0.15, -0.1) is 0 Å². The van der Waals surface area contributed by atoms with Crippen LogP contribution in [-0.4, -0.2) is 31.7 Å². The molecule has 29 heavy (non-hydrogen) atoms. The molecule has 0 bridgehead atoms. The Labute approximate surface area is 173 Å². The third-order valence-electron chi connectivity index (χ3n) is 5.04. The Morgan fingerprint density at radius 2 is 1.86 bits per heavy atom. The highest BCUT2D eigenvalue weighted by atomic mass is 35.5. The fourth-order valence-corrected chi connectivity index (χ4v) is 5.11. The van der Waals surface area contributed by atoms with Crippen molar-refractivity contribution in [2.75, 3.05) is 13.1 Å². The number of halogens is 3. The number of carbonyl (C=O) groups excluding carboxylic acids is 1. The monoisotopic (exact) mass is 442 g/mol. The molecule has 1 saturated heterocycles. The lowest BCUT2D eigenvalue weighted by Crippen LogP contribution is -2.43. The van der Waals surface area contributed by atoms with Gasteiger partial charge in [0.25, 0.3) is 0 Å². The predicted octanol–water partition coefficient (Wildman–Crippen LogP) is 3.90. The van der Waals surface area contributed by atoms with Crippen molar-refractivity contribution in [3.63, 3.8) is 0 Å². The van der Waals surface area contributed by atoms with Gasteiger partial charge in [-0.2, -0.15) is 4.31 Å². The quantitative estimate of drug-likeness (QED) is 0.763. The van der Waals surface area contributed by atoms with E-state index in [-0.39, 0.29) is 31.0 Å². The average molecular weight is 443 g/mol. The number of nitrogens with zero attached hydrogens (tertiary/aromatic N) is 1. The van der Waals surface area contributed by atoms with E-state index in [4.69, 9.17) is 11.6 Å². The van der Waals surface area contributed by atoms with Gasteiger partial charge in [0.1, 0.15) is 16.5 Å². The first-order valence-corrected chi connectivity index (χ1v) is 11.0. The summed E-state index contributed by atoms with van der Waals surface area (Å²) >= 11 is 5.98. The molecule has 1 heterocycles. The van der Waals surface area contributed by atoms with Crippen LogP contribution in [0.15, 0.2) is 47.4 Å². The molecule has 3 rings (SSSR count).